The highest BCUT2D eigenvalue weighted by molar-refractivity contribution is 5.76. The van der Waals surface area contributed by atoms with Crippen LogP contribution in [0.4, 0.5) is 0 Å². The zero-order chi connectivity index (χ0) is 18.7. The molecule has 4 aliphatic carbocycles. The number of aliphatic hydroxyl groups is 2. The van der Waals surface area contributed by atoms with Gasteiger partial charge < -0.3 is 15.5 Å². The highest BCUT2D eigenvalue weighted by Crippen LogP contribution is 2.66. The van der Waals surface area contributed by atoms with Crippen molar-refractivity contribution in [3.05, 3.63) is 0 Å². The molecule has 4 fully saturated rings. The van der Waals surface area contributed by atoms with Crippen LogP contribution < -0.4 is 5.32 Å². The lowest BCUT2D eigenvalue weighted by Gasteiger charge is -2.60. The summed E-state index contributed by atoms with van der Waals surface area (Å²) in [5.74, 6) is 2.64. The Morgan fingerprint density at radius 2 is 1.73 bits per heavy atom. The van der Waals surface area contributed by atoms with Crippen molar-refractivity contribution in [3.63, 3.8) is 0 Å². The minimum atomic E-state index is -0.405. The second kappa shape index (κ2) is 6.48. The molecule has 26 heavy (non-hydrogen) atoms. The number of hydrogen-bond acceptors (Lipinski definition) is 3. The van der Waals surface area contributed by atoms with Crippen LogP contribution in [0.25, 0.3) is 0 Å². The van der Waals surface area contributed by atoms with E-state index in [1.807, 2.05) is 6.92 Å². The van der Waals surface area contributed by atoms with E-state index in [1.165, 1.54) is 19.3 Å². The summed E-state index contributed by atoms with van der Waals surface area (Å²) in [5.41, 5.74) is 0.391. The topological polar surface area (TPSA) is 69.6 Å². The van der Waals surface area contributed by atoms with Gasteiger partial charge in [-0.1, -0.05) is 20.8 Å². The largest absolute Gasteiger partial charge is 0.393 e. The van der Waals surface area contributed by atoms with Crippen molar-refractivity contribution >= 4 is 5.91 Å². The fourth-order valence-electron chi connectivity index (χ4n) is 7.79. The third-order valence-corrected chi connectivity index (χ3v) is 9.30. The highest BCUT2D eigenvalue weighted by atomic mass is 16.3. The third kappa shape index (κ3) is 2.66. The van der Waals surface area contributed by atoms with Crippen LogP contribution in [0.1, 0.15) is 78.6 Å². The average molecular weight is 364 g/mol. The van der Waals surface area contributed by atoms with Crippen molar-refractivity contribution in [1.29, 1.82) is 0 Å². The van der Waals surface area contributed by atoms with Gasteiger partial charge in [-0.15, -0.1) is 0 Å². The lowest BCUT2D eigenvalue weighted by atomic mass is 9.45. The molecule has 0 aliphatic heterocycles. The molecule has 4 nitrogen and oxygen atoms in total. The molecule has 0 bridgehead atoms. The van der Waals surface area contributed by atoms with Crippen LogP contribution in [0.3, 0.4) is 0 Å². The number of rotatable bonds is 2. The van der Waals surface area contributed by atoms with Gasteiger partial charge in [-0.25, -0.2) is 0 Å². The molecule has 3 N–H and O–H groups in total. The van der Waals surface area contributed by atoms with Crippen molar-refractivity contribution in [2.24, 2.45) is 34.5 Å². The molecule has 0 saturated heterocycles. The van der Waals surface area contributed by atoms with Gasteiger partial charge in [-0.3, -0.25) is 4.79 Å². The van der Waals surface area contributed by atoms with E-state index in [1.54, 1.807) is 0 Å². The molecule has 0 heterocycles. The zero-order valence-corrected chi connectivity index (χ0v) is 16.7. The van der Waals surface area contributed by atoms with Crippen LogP contribution in [-0.2, 0) is 4.79 Å². The quantitative estimate of drug-likeness (QED) is 0.705. The predicted molar refractivity (Wildman–Crippen MR) is 101 cm³/mol. The van der Waals surface area contributed by atoms with Crippen LogP contribution in [0.2, 0.25) is 0 Å². The Kier molecular flexibility index (Phi) is 4.67. The van der Waals surface area contributed by atoms with Crippen molar-refractivity contribution in [2.75, 3.05) is 0 Å². The van der Waals surface area contributed by atoms with Gasteiger partial charge >= 0.3 is 0 Å². The van der Waals surface area contributed by atoms with Crippen LogP contribution in [0, 0.1) is 34.5 Å². The Hall–Kier alpha value is -0.610. The number of aliphatic hydroxyl groups excluding tert-OH is 2. The average Bonchev–Trinajstić information content (AvgIpc) is 2.86. The summed E-state index contributed by atoms with van der Waals surface area (Å²) in [6.45, 7) is 6.70. The second-order valence-corrected chi connectivity index (χ2v) is 10.3. The van der Waals surface area contributed by atoms with Gasteiger partial charge in [0.2, 0.25) is 5.91 Å². The van der Waals surface area contributed by atoms with E-state index < -0.39 is 6.10 Å². The molecule has 4 aliphatic rings. The summed E-state index contributed by atoms with van der Waals surface area (Å²) in [4.78, 5) is 12.0. The molecular weight excluding hydrogens is 326 g/mol. The van der Waals surface area contributed by atoms with Gasteiger partial charge in [0.1, 0.15) is 0 Å². The van der Waals surface area contributed by atoms with Crippen molar-refractivity contribution in [2.45, 2.75) is 96.8 Å². The summed E-state index contributed by atoms with van der Waals surface area (Å²) < 4.78 is 0. The molecule has 0 spiro atoms. The summed E-state index contributed by atoms with van der Waals surface area (Å²) in [7, 11) is 0. The van der Waals surface area contributed by atoms with Gasteiger partial charge in [-0.05, 0) is 85.9 Å². The Bertz CT molecular complexity index is 566. The van der Waals surface area contributed by atoms with Crippen LogP contribution in [0.15, 0.2) is 0 Å². The van der Waals surface area contributed by atoms with Crippen LogP contribution in [0.5, 0.6) is 0 Å². The molecule has 0 aromatic rings. The second-order valence-electron chi connectivity index (χ2n) is 10.3. The first-order chi connectivity index (χ1) is 12.3. The van der Waals surface area contributed by atoms with E-state index >= 15 is 0 Å². The van der Waals surface area contributed by atoms with E-state index in [0.29, 0.717) is 29.6 Å². The van der Waals surface area contributed by atoms with E-state index in [2.05, 4.69) is 19.2 Å². The molecule has 4 saturated carbocycles. The highest BCUT2D eigenvalue weighted by Gasteiger charge is 2.62. The summed E-state index contributed by atoms with van der Waals surface area (Å²) in [6.07, 6.45) is 8.70. The molecule has 1 amide bonds. The van der Waals surface area contributed by atoms with Gasteiger partial charge in [0.15, 0.2) is 0 Å². The van der Waals surface area contributed by atoms with Crippen molar-refractivity contribution < 1.29 is 15.0 Å². The molecule has 4 heteroatoms. The first-order valence-electron chi connectivity index (χ1n) is 10.9. The Labute approximate surface area is 158 Å². The smallest absolute Gasteiger partial charge is 0.220 e. The van der Waals surface area contributed by atoms with Crippen LogP contribution in [-0.4, -0.2) is 34.4 Å². The van der Waals surface area contributed by atoms with Gasteiger partial charge in [0.05, 0.1) is 18.2 Å². The summed E-state index contributed by atoms with van der Waals surface area (Å²) in [6, 6.07) is -0.0837. The van der Waals surface area contributed by atoms with Crippen LogP contribution >= 0.6 is 0 Å². The number of carbonyl (C=O) groups is 1. The fraction of sp³-hybridized carbons (Fsp3) is 0.955. The molecule has 0 aromatic carbocycles. The molecule has 148 valence electrons. The Morgan fingerprint density at radius 3 is 2.46 bits per heavy atom. The Morgan fingerprint density at radius 1 is 1.00 bits per heavy atom. The molecule has 0 aromatic heterocycles. The standard InChI is InChI=1S/C22H37NO3/c1-4-19(26)23-20-18(25)12-17-15-6-5-13-11-14(24)7-9-21(13,2)16(15)8-10-22(17,20)3/h13-18,20,24-25H,4-12H2,1-3H3,(H,23,26)/t13?,14?,15-,16-,17+,18?,20?,21+,22+/m1/s1. The summed E-state index contributed by atoms with van der Waals surface area (Å²) >= 11 is 0. The van der Waals surface area contributed by atoms with Gasteiger partial charge in [-0.2, -0.15) is 0 Å². The zero-order valence-electron chi connectivity index (χ0n) is 16.7. The third-order valence-electron chi connectivity index (χ3n) is 9.30. The number of carbonyl (C=O) groups excluding carboxylic acids is 1. The fourth-order valence-corrected chi connectivity index (χ4v) is 7.79. The maximum atomic E-state index is 12.0. The number of amides is 1. The number of nitrogens with one attached hydrogen (secondary N) is 1. The van der Waals surface area contributed by atoms with E-state index in [4.69, 9.17) is 0 Å². The monoisotopic (exact) mass is 363 g/mol. The Balaban J connectivity index is 1.58. The SMILES string of the molecule is CCC(=O)NC1C(O)C[C@H]2[C@@H]3CCC4CC(O)CC[C@]4(C)[C@@H]3CC[C@]12C. The van der Waals surface area contributed by atoms with Crippen molar-refractivity contribution in [1.82, 2.24) is 5.32 Å². The first kappa shape index (κ1) is 18.7. The van der Waals surface area contributed by atoms with Gasteiger partial charge in [0, 0.05) is 6.42 Å². The maximum absolute atomic E-state index is 12.0. The van der Waals surface area contributed by atoms with Gasteiger partial charge in [0.25, 0.3) is 0 Å². The van der Waals surface area contributed by atoms with Crippen molar-refractivity contribution in [3.8, 4) is 0 Å². The minimum Gasteiger partial charge on any atom is -0.393 e. The predicted octanol–water partition coefficient (Wildman–Crippen LogP) is 3.26. The molecule has 4 rings (SSSR count). The van der Waals surface area contributed by atoms with E-state index in [-0.39, 0.29) is 23.5 Å². The number of hydrogen-bond donors (Lipinski definition) is 3. The molecule has 0 radical (unpaired) electrons. The minimum absolute atomic E-state index is 0.0305. The molecule has 9 atom stereocenters. The first-order valence-corrected chi connectivity index (χ1v) is 10.9. The summed E-state index contributed by atoms with van der Waals surface area (Å²) in [5, 5.41) is 24.1. The lowest BCUT2D eigenvalue weighted by molar-refractivity contribution is -0.130. The van der Waals surface area contributed by atoms with E-state index in [9.17, 15) is 15.0 Å². The number of fused-ring (bicyclic) bond motifs is 5. The maximum Gasteiger partial charge on any atom is 0.220 e. The normalized spacial score (nSPS) is 53.3. The van der Waals surface area contributed by atoms with E-state index in [0.717, 1.165) is 38.0 Å². The lowest BCUT2D eigenvalue weighted by Crippen LogP contribution is -2.57. The molecular formula is C22H37NO3. The molecule has 4 unspecified atom stereocenters.